The second-order valence-corrected chi connectivity index (χ2v) is 5.98. The van der Waals surface area contributed by atoms with Gasteiger partial charge in [-0.2, -0.15) is 13.2 Å². The van der Waals surface area contributed by atoms with Crippen molar-refractivity contribution in [3.05, 3.63) is 84.1 Å². The number of hydrogen-bond acceptors (Lipinski definition) is 2. The molecule has 1 aromatic heterocycles. The monoisotopic (exact) mass is 373 g/mol. The van der Waals surface area contributed by atoms with Crippen LogP contribution in [0.3, 0.4) is 0 Å². The molecule has 140 valence electrons. The van der Waals surface area contributed by atoms with Crippen LogP contribution in [0.25, 0.3) is 10.9 Å². The maximum atomic E-state index is 12.9. The summed E-state index contributed by atoms with van der Waals surface area (Å²) in [5, 5.41) is 0.833. The summed E-state index contributed by atoms with van der Waals surface area (Å²) in [6.07, 6.45) is -2.81. The Balaban J connectivity index is 2.14. The number of hydrogen-bond donors (Lipinski definition) is 0. The lowest BCUT2D eigenvalue weighted by molar-refractivity contribution is -0.137. The Morgan fingerprint density at radius 2 is 1.85 bits per heavy atom. The van der Waals surface area contributed by atoms with Crippen LogP contribution in [0.4, 0.5) is 13.2 Å². The first-order valence-electron chi connectivity index (χ1n) is 8.43. The number of halogens is 3. The molecule has 0 N–H and O–H groups in total. The average molecular weight is 373 g/mol. The average Bonchev–Trinajstić information content (AvgIpc) is 3.02. The third-order valence-corrected chi connectivity index (χ3v) is 4.31. The van der Waals surface area contributed by atoms with E-state index >= 15 is 0 Å². The number of para-hydroxylation sites is 1. The minimum Gasteiger partial charge on any atom is -0.461 e. The van der Waals surface area contributed by atoms with Crippen LogP contribution in [0.15, 0.2) is 67.3 Å². The van der Waals surface area contributed by atoms with Gasteiger partial charge in [-0.3, -0.25) is 0 Å². The number of rotatable bonds is 5. The van der Waals surface area contributed by atoms with Gasteiger partial charge in [-0.05, 0) is 36.8 Å². The molecule has 0 saturated heterocycles. The molecule has 3 nitrogen and oxygen atoms in total. The molecule has 0 amide bonds. The Morgan fingerprint density at radius 3 is 2.44 bits per heavy atom. The van der Waals surface area contributed by atoms with E-state index in [2.05, 4.69) is 6.58 Å². The number of allylic oxidation sites excluding steroid dienone is 1. The molecule has 3 rings (SSSR count). The number of ether oxygens (including phenoxy) is 1. The predicted octanol–water partition coefficient (Wildman–Crippen LogP) is 5.61. The Morgan fingerprint density at radius 1 is 1.19 bits per heavy atom. The summed E-state index contributed by atoms with van der Waals surface area (Å²) >= 11 is 0. The van der Waals surface area contributed by atoms with E-state index in [0.29, 0.717) is 11.3 Å². The van der Waals surface area contributed by atoms with E-state index in [4.69, 9.17) is 4.74 Å². The zero-order valence-corrected chi connectivity index (χ0v) is 14.7. The highest BCUT2D eigenvalue weighted by Gasteiger charge is 2.30. The molecule has 1 atom stereocenters. The van der Waals surface area contributed by atoms with Gasteiger partial charge in [-0.25, -0.2) is 4.79 Å². The molecule has 27 heavy (non-hydrogen) atoms. The summed E-state index contributed by atoms with van der Waals surface area (Å²) in [6, 6.07) is 13.4. The van der Waals surface area contributed by atoms with Gasteiger partial charge in [-0.15, -0.1) is 6.58 Å². The van der Waals surface area contributed by atoms with Crippen LogP contribution >= 0.6 is 0 Å². The number of carbonyl (C=O) groups is 1. The van der Waals surface area contributed by atoms with Crippen molar-refractivity contribution in [3.63, 3.8) is 0 Å². The van der Waals surface area contributed by atoms with Gasteiger partial charge in [0, 0.05) is 10.9 Å². The van der Waals surface area contributed by atoms with Crippen molar-refractivity contribution in [2.75, 3.05) is 6.61 Å². The van der Waals surface area contributed by atoms with E-state index in [1.54, 1.807) is 23.6 Å². The van der Waals surface area contributed by atoms with Crippen molar-refractivity contribution in [1.82, 2.24) is 4.57 Å². The van der Waals surface area contributed by atoms with Crippen LogP contribution in [-0.2, 0) is 10.9 Å². The van der Waals surface area contributed by atoms with Gasteiger partial charge >= 0.3 is 12.1 Å². The highest BCUT2D eigenvalue weighted by molar-refractivity contribution is 5.96. The summed E-state index contributed by atoms with van der Waals surface area (Å²) in [5.74, 6) is -0.493. The van der Waals surface area contributed by atoms with Gasteiger partial charge < -0.3 is 9.30 Å². The quantitative estimate of drug-likeness (QED) is 0.430. The van der Waals surface area contributed by atoms with E-state index in [-0.39, 0.29) is 6.61 Å². The van der Waals surface area contributed by atoms with Crippen LogP contribution in [0.1, 0.15) is 34.6 Å². The Kier molecular flexibility index (Phi) is 5.08. The highest BCUT2D eigenvalue weighted by Crippen LogP contribution is 2.33. The summed E-state index contributed by atoms with van der Waals surface area (Å²) in [6.45, 7) is 5.76. The molecule has 0 saturated carbocycles. The minimum absolute atomic E-state index is 0.222. The fraction of sp³-hybridized carbons (Fsp3) is 0.190. The number of aromatic nitrogens is 1. The molecule has 0 fully saturated rings. The molecule has 0 aliphatic carbocycles. The molecule has 0 unspecified atom stereocenters. The largest absolute Gasteiger partial charge is 0.461 e. The normalized spacial score (nSPS) is 12.7. The Labute approximate surface area is 154 Å². The molecule has 0 aliphatic rings. The maximum absolute atomic E-state index is 12.9. The highest BCUT2D eigenvalue weighted by atomic mass is 19.4. The molecular weight excluding hydrogens is 355 g/mol. The van der Waals surface area contributed by atoms with E-state index in [1.807, 2.05) is 24.3 Å². The predicted molar refractivity (Wildman–Crippen MR) is 97.7 cm³/mol. The molecular formula is C21H18F3NO2. The van der Waals surface area contributed by atoms with E-state index in [9.17, 15) is 18.0 Å². The summed E-state index contributed by atoms with van der Waals surface area (Å²) in [5.41, 5.74) is 0.954. The first-order chi connectivity index (χ1) is 12.9. The summed E-state index contributed by atoms with van der Waals surface area (Å²) in [4.78, 5) is 12.4. The summed E-state index contributed by atoms with van der Waals surface area (Å²) < 4.78 is 45.4. The Bertz CT molecular complexity index is 971. The molecule has 1 heterocycles. The van der Waals surface area contributed by atoms with Crippen molar-refractivity contribution in [3.8, 4) is 0 Å². The third kappa shape index (κ3) is 3.60. The second kappa shape index (κ2) is 7.31. The molecule has 2 aromatic carbocycles. The lowest BCUT2D eigenvalue weighted by Crippen LogP contribution is -2.17. The number of fused-ring (bicyclic) bond motifs is 1. The van der Waals surface area contributed by atoms with Gasteiger partial charge in [0.2, 0.25) is 0 Å². The van der Waals surface area contributed by atoms with Gasteiger partial charge in [0.05, 0.1) is 18.2 Å². The van der Waals surface area contributed by atoms with Gasteiger partial charge in [0.25, 0.3) is 0 Å². The maximum Gasteiger partial charge on any atom is 0.416 e. The van der Waals surface area contributed by atoms with Crippen molar-refractivity contribution < 1.29 is 22.7 Å². The van der Waals surface area contributed by atoms with Crippen molar-refractivity contribution in [2.24, 2.45) is 0 Å². The topological polar surface area (TPSA) is 31.2 Å². The van der Waals surface area contributed by atoms with Crippen molar-refractivity contribution in [2.45, 2.75) is 19.1 Å². The standard InChI is InChI=1S/C21H18F3NO2/c1-3-17(14-9-11-16(12-10-14)21(22,23)24)25-18-8-6-5-7-15(18)13-19(25)20(26)27-4-2/h3,5-13,17H,1,4H2,2H3/t17-/m1/s1. The van der Waals surface area contributed by atoms with Crippen LogP contribution in [0.2, 0.25) is 0 Å². The van der Waals surface area contributed by atoms with Gasteiger partial charge in [0.1, 0.15) is 5.69 Å². The molecule has 0 aliphatic heterocycles. The molecule has 6 heteroatoms. The number of nitrogens with zero attached hydrogens (tertiary/aromatic N) is 1. The second-order valence-electron chi connectivity index (χ2n) is 5.98. The summed E-state index contributed by atoms with van der Waals surface area (Å²) in [7, 11) is 0. The van der Waals surface area contributed by atoms with Crippen LogP contribution in [-0.4, -0.2) is 17.1 Å². The van der Waals surface area contributed by atoms with Gasteiger partial charge in [0.15, 0.2) is 0 Å². The zero-order chi connectivity index (χ0) is 19.6. The molecule has 0 radical (unpaired) electrons. The number of alkyl halides is 3. The third-order valence-electron chi connectivity index (χ3n) is 4.31. The number of benzene rings is 2. The first-order valence-corrected chi connectivity index (χ1v) is 8.43. The minimum atomic E-state index is -4.40. The van der Waals surface area contributed by atoms with Gasteiger partial charge in [-0.1, -0.05) is 36.4 Å². The smallest absolute Gasteiger partial charge is 0.416 e. The fourth-order valence-electron chi connectivity index (χ4n) is 3.10. The van der Waals surface area contributed by atoms with E-state index < -0.39 is 23.8 Å². The molecule has 0 spiro atoms. The number of esters is 1. The van der Waals surface area contributed by atoms with Crippen molar-refractivity contribution >= 4 is 16.9 Å². The molecule has 0 bridgehead atoms. The van der Waals surface area contributed by atoms with E-state index in [0.717, 1.165) is 23.0 Å². The molecule has 3 aromatic rings. The van der Waals surface area contributed by atoms with Crippen LogP contribution < -0.4 is 0 Å². The SMILES string of the molecule is C=C[C@H](c1ccc(C(F)(F)F)cc1)n1c(C(=O)OCC)cc2ccccc21. The fourth-order valence-corrected chi connectivity index (χ4v) is 3.10. The lowest BCUT2D eigenvalue weighted by atomic mass is 10.0. The Hall–Kier alpha value is -3.02. The van der Waals surface area contributed by atoms with Crippen LogP contribution in [0, 0.1) is 0 Å². The first kappa shape index (κ1) is 18.8. The zero-order valence-electron chi connectivity index (χ0n) is 14.7. The number of carbonyl (C=O) groups excluding carboxylic acids is 1. The van der Waals surface area contributed by atoms with Crippen molar-refractivity contribution in [1.29, 1.82) is 0 Å². The van der Waals surface area contributed by atoms with Crippen LogP contribution in [0.5, 0.6) is 0 Å². The van der Waals surface area contributed by atoms with E-state index in [1.165, 1.54) is 12.1 Å². The lowest BCUT2D eigenvalue weighted by Gasteiger charge is -2.20.